The van der Waals surface area contributed by atoms with Gasteiger partial charge in [0.15, 0.2) is 5.96 Å². The van der Waals surface area contributed by atoms with Crippen LogP contribution in [0.25, 0.3) is 0 Å². The summed E-state index contributed by atoms with van der Waals surface area (Å²) in [6.07, 6.45) is 2.63. The van der Waals surface area contributed by atoms with Gasteiger partial charge in [0.25, 0.3) is 0 Å². The van der Waals surface area contributed by atoms with Crippen LogP contribution >= 0.6 is 0 Å². The Bertz CT molecular complexity index is 709. The van der Waals surface area contributed by atoms with E-state index in [0.29, 0.717) is 0 Å². The number of aryl methyl sites for hydroxylation is 2. The van der Waals surface area contributed by atoms with Gasteiger partial charge in [-0.25, -0.2) is 0 Å². The lowest BCUT2D eigenvalue weighted by Gasteiger charge is -2.21. The number of aromatic nitrogens is 3. The fourth-order valence-electron chi connectivity index (χ4n) is 2.70. The Morgan fingerprint density at radius 1 is 1.40 bits per heavy atom. The van der Waals surface area contributed by atoms with E-state index in [0.717, 1.165) is 42.6 Å². The van der Waals surface area contributed by atoms with Crippen molar-refractivity contribution in [1.82, 2.24) is 25.4 Å². The van der Waals surface area contributed by atoms with Crippen molar-refractivity contribution in [3.8, 4) is 5.75 Å². The summed E-state index contributed by atoms with van der Waals surface area (Å²) < 4.78 is 7.52. The maximum atomic E-state index is 5.47. The van der Waals surface area contributed by atoms with E-state index in [4.69, 9.17) is 4.74 Å². The number of hydrogen-bond acceptors (Lipinski definition) is 4. The summed E-state index contributed by atoms with van der Waals surface area (Å²) in [5.74, 6) is 2.61. The summed E-state index contributed by atoms with van der Waals surface area (Å²) in [6, 6.07) is 6.25. The zero-order chi connectivity index (χ0) is 18.2. The summed E-state index contributed by atoms with van der Waals surface area (Å²) in [4.78, 5) is 4.31. The molecule has 1 heterocycles. The molecule has 0 saturated carbocycles. The van der Waals surface area contributed by atoms with E-state index in [9.17, 15) is 0 Å². The molecule has 2 N–H and O–H groups in total. The van der Waals surface area contributed by atoms with Crippen LogP contribution in [0.5, 0.6) is 5.75 Å². The number of rotatable bonds is 7. The van der Waals surface area contributed by atoms with E-state index < -0.39 is 0 Å². The molecular weight excluding hydrogens is 316 g/mol. The van der Waals surface area contributed by atoms with Crippen LogP contribution in [0.2, 0.25) is 0 Å². The Morgan fingerprint density at radius 2 is 2.20 bits per heavy atom. The average Bonchev–Trinajstić information content (AvgIpc) is 3.08. The summed E-state index contributed by atoms with van der Waals surface area (Å²) in [5, 5.41) is 14.8. The summed E-state index contributed by atoms with van der Waals surface area (Å²) >= 11 is 0. The van der Waals surface area contributed by atoms with Gasteiger partial charge in [-0.1, -0.05) is 24.6 Å². The first kappa shape index (κ1) is 18.8. The van der Waals surface area contributed by atoms with E-state index in [1.807, 2.05) is 16.7 Å². The van der Waals surface area contributed by atoms with Crippen molar-refractivity contribution in [3.63, 3.8) is 0 Å². The van der Waals surface area contributed by atoms with E-state index in [1.54, 1.807) is 20.5 Å². The number of guanidine groups is 1. The van der Waals surface area contributed by atoms with Crippen LogP contribution in [-0.2, 0) is 13.0 Å². The number of benzene rings is 1. The molecule has 0 fully saturated rings. The molecule has 1 aromatic heterocycles. The van der Waals surface area contributed by atoms with Crippen LogP contribution in [-0.4, -0.2) is 41.4 Å². The first-order chi connectivity index (χ1) is 12.1. The summed E-state index contributed by atoms with van der Waals surface area (Å²) in [5.41, 5.74) is 2.31. The Balaban J connectivity index is 1.94. The number of methoxy groups -OCH3 is 1. The smallest absolute Gasteiger partial charge is 0.191 e. The molecule has 1 unspecified atom stereocenters. The molecule has 0 saturated heterocycles. The number of aliphatic imine (C=N–C) groups is 1. The van der Waals surface area contributed by atoms with Crippen molar-refractivity contribution < 1.29 is 4.74 Å². The van der Waals surface area contributed by atoms with Gasteiger partial charge in [0.1, 0.15) is 17.9 Å². The van der Waals surface area contributed by atoms with Gasteiger partial charge in [-0.15, -0.1) is 10.2 Å². The standard InChI is InChI=1S/C18H28N6O/c1-6-17-23-21-12-24(17)10-9-20-18(19-4)22-14(3)15-11-13(2)7-8-16(15)25-5/h7-8,11-12,14H,6,9-10H2,1-5H3,(H2,19,20,22). The molecule has 0 aliphatic heterocycles. The Morgan fingerprint density at radius 3 is 2.88 bits per heavy atom. The Kier molecular flexibility index (Phi) is 6.80. The Labute approximate surface area is 149 Å². The normalized spacial score (nSPS) is 12.8. The molecular formula is C18H28N6O. The molecule has 1 atom stereocenters. The van der Waals surface area contributed by atoms with Gasteiger partial charge in [-0.2, -0.15) is 0 Å². The number of nitrogens with zero attached hydrogens (tertiary/aromatic N) is 4. The lowest BCUT2D eigenvalue weighted by molar-refractivity contribution is 0.405. The molecule has 0 spiro atoms. The monoisotopic (exact) mass is 344 g/mol. The fourth-order valence-corrected chi connectivity index (χ4v) is 2.70. The fraction of sp³-hybridized carbons (Fsp3) is 0.500. The molecule has 7 nitrogen and oxygen atoms in total. The van der Waals surface area contributed by atoms with Gasteiger partial charge < -0.3 is 19.9 Å². The predicted octanol–water partition coefficient (Wildman–Crippen LogP) is 2.08. The largest absolute Gasteiger partial charge is 0.496 e. The number of ether oxygens (including phenoxy) is 1. The van der Waals surface area contributed by atoms with Crippen LogP contribution in [0.15, 0.2) is 29.5 Å². The molecule has 1 aromatic carbocycles. The van der Waals surface area contributed by atoms with Crippen molar-refractivity contribution >= 4 is 5.96 Å². The second kappa shape index (κ2) is 9.05. The van der Waals surface area contributed by atoms with Crippen LogP contribution in [0.1, 0.15) is 36.8 Å². The van der Waals surface area contributed by atoms with Crippen LogP contribution in [0.3, 0.4) is 0 Å². The highest BCUT2D eigenvalue weighted by molar-refractivity contribution is 5.80. The van der Waals surface area contributed by atoms with E-state index >= 15 is 0 Å². The molecule has 25 heavy (non-hydrogen) atoms. The van der Waals surface area contributed by atoms with E-state index in [2.05, 4.69) is 52.7 Å². The highest BCUT2D eigenvalue weighted by Gasteiger charge is 2.13. The topological polar surface area (TPSA) is 76.4 Å². The number of hydrogen-bond donors (Lipinski definition) is 2. The minimum atomic E-state index is 0.0714. The van der Waals surface area contributed by atoms with Gasteiger partial charge in [0.05, 0.1) is 13.2 Å². The molecule has 136 valence electrons. The highest BCUT2D eigenvalue weighted by Crippen LogP contribution is 2.25. The Hall–Kier alpha value is -2.57. The zero-order valence-corrected chi connectivity index (χ0v) is 15.7. The van der Waals surface area contributed by atoms with Gasteiger partial charge >= 0.3 is 0 Å². The van der Waals surface area contributed by atoms with Gasteiger partial charge in [0.2, 0.25) is 0 Å². The lowest BCUT2D eigenvalue weighted by atomic mass is 10.0. The molecule has 0 aliphatic carbocycles. The van der Waals surface area contributed by atoms with E-state index in [-0.39, 0.29) is 6.04 Å². The molecule has 2 rings (SSSR count). The average molecular weight is 344 g/mol. The zero-order valence-electron chi connectivity index (χ0n) is 15.7. The minimum Gasteiger partial charge on any atom is -0.496 e. The SMILES string of the molecule is CCc1nncn1CCNC(=NC)NC(C)c1cc(C)ccc1OC. The lowest BCUT2D eigenvalue weighted by Crippen LogP contribution is -2.40. The maximum absolute atomic E-state index is 5.47. The third-order valence-corrected chi connectivity index (χ3v) is 4.09. The molecule has 0 radical (unpaired) electrons. The van der Waals surface area contributed by atoms with Crippen molar-refractivity contribution in [1.29, 1.82) is 0 Å². The first-order valence-corrected chi connectivity index (χ1v) is 8.57. The molecule has 2 aromatic rings. The van der Waals surface area contributed by atoms with Crippen molar-refractivity contribution in [2.75, 3.05) is 20.7 Å². The van der Waals surface area contributed by atoms with Crippen molar-refractivity contribution in [2.45, 2.75) is 39.8 Å². The minimum absolute atomic E-state index is 0.0714. The maximum Gasteiger partial charge on any atom is 0.191 e. The van der Waals surface area contributed by atoms with Crippen LogP contribution in [0, 0.1) is 6.92 Å². The highest BCUT2D eigenvalue weighted by atomic mass is 16.5. The molecule has 0 bridgehead atoms. The molecule has 0 aliphatic rings. The van der Waals surface area contributed by atoms with Crippen molar-refractivity contribution in [2.24, 2.45) is 4.99 Å². The van der Waals surface area contributed by atoms with Crippen molar-refractivity contribution in [3.05, 3.63) is 41.5 Å². The summed E-state index contributed by atoms with van der Waals surface area (Å²) in [6.45, 7) is 7.78. The van der Waals surface area contributed by atoms with Gasteiger partial charge in [0, 0.05) is 32.1 Å². The predicted molar refractivity (Wildman–Crippen MR) is 100 cm³/mol. The third-order valence-electron chi connectivity index (χ3n) is 4.09. The molecule has 0 amide bonds. The number of nitrogens with one attached hydrogen (secondary N) is 2. The summed E-state index contributed by atoms with van der Waals surface area (Å²) in [7, 11) is 3.46. The second-order valence-corrected chi connectivity index (χ2v) is 5.90. The first-order valence-electron chi connectivity index (χ1n) is 8.57. The third kappa shape index (κ3) is 4.95. The van der Waals surface area contributed by atoms with Gasteiger partial charge in [-0.05, 0) is 19.9 Å². The molecule has 7 heteroatoms. The van der Waals surface area contributed by atoms with E-state index in [1.165, 1.54) is 5.56 Å². The van der Waals surface area contributed by atoms with Gasteiger partial charge in [-0.3, -0.25) is 4.99 Å². The second-order valence-electron chi connectivity index (χ2n) is 5.90. The van der Waals surface area contributed by atoms with Crippen LogP contribution in [0.4, 0.5) is 0 Å². The van der Waals surface area contributed by atoms with Crippen LogP contribution < -0.4 is 15.4 Å². The quantitative estimate of drug-likeness (QED) is 0.594.